The van der Waals surface area contributed by atoms with Gasteiger partial charge in [-0.2, -0.15) is 5.26 Å². The van der Waals surface area contributed by atoms with Gasteiger partial charge in [0.1, 0.15) is 11.9 Å². The zero-order chi connectivity index (χ0) is 16.9. The molecule has 2 heterocycles. The lowest BCUT2D eigenvalue weighted by atomic mass is 10.1. The third kappa shape index (κ3) is 3.84. The van der Waals surface area contributed by atoms with Gasteiger partial charge in [-0.15, -0.1) is 0 Å². The van der Waals surface area contributed by atoms with Crippen LogP contribution in [0, 0.1) is 11.3 Å². The van der Waals surface area contributed by atoms with E-state index in [1.54, 1.807) is 18.3 Å². The Morgan fingerprint density at radius 1 is 1.21 bits per heavy atom. The molecule has 24 heavy (non-hydrogen) atoms. The van der Waals surface area contributed by atoms with E-state index in [4.69, 9.17) is 16.9 Å². The second-order valence-electron chi connectivity index (χ2n) is 5.69. The second kappa shape index (κ2) is 7.33. The molecular weight excluding hydrogens is 324 g/mol. The molecule has 0 spiro atoms. The molecule has 1 saturated heterocycles. The van der Waals surface area contributed by atoms with Gasteiger partial charge in [0.2, 0.25) is 5.91 Å². The number of nitrogens with zero attached hydrogens (tertiary/aromatic N) is 4. The largest absolute Gasteiger partial charge is 0.353 e. The fourth-order valence-corrected chi connectivity index (χ4v) is 2.97. The number of amides is 1. The summed E-state index contributed by atoms with van der Waals surface area (Å²) in [5.41, 5.74) is 1.48. The highest BCUT2D eigenvalue weighted by Gasteiger charge is 2.21. The molecule has 0 N–H and O–H groups in total. The number of pyridine rings is 1. The molecule has 0 unspecified atom stereocenters. The lowest BCUT2D eigenvalue weighted by Gasteiger charge is -2.35. The average Bonchev–Trinajstić information content (AvgIpc) is 2.62. The van der Waals surface area contributed by atoms with Crippen LogP contribution in [0.1, 0.15) is 11.1 Å². The van der Waals surface area contributed by atoms with Crippen LogP contribution < -0.4 is 4.90 Å². The zero-order valence-electron chi connectivity index (χ0n) is 13.2. The minimum Gasteiger partial charge on any atom is -0.353 e. The number of nitriles is 1. The van der Waals surface area contributed by atoms with E-state index in [0.29, 0.717) is 30.1 Å². The van der Waals surface area contributed by atoms with Crippen molar-refractivity contribution >= 4 is 23.3 Å². The lowest BCUT2D eigenvalue weighted by molar-refractivity contribution is -0.130. The van der Waals surface area contributed by atoms with Gasteiger partial charge < -0.3 is 9.80 Å². The van der Waals surface area contributed by atoms with Crippen molar-refractivity contribution in [2.45, 2.75) is 6.42 Å². The molecule has 0 aliphatic carbocycles. The summed E-state index contributed by atoms with van der Waals surface area (Å²) in [7, 11) is 0. The van der Waals surface area contributed by atoms with E-state index in [0.717, 1.165) is 24.5 Å². The van der Waals surface area contributed by atoms with E-state index >= 15 is 0 Å². The number of piperazine rings is 1. The molecule has 1 aromatic carbocycles. The fourth-order valence-electron chi connectivity index (χ4n) is 2.76. The summed E-state index contributed by atoms with van der Waals surface area (Å²) in [5, 5.41) is 9.47. The number of anilines is 1. The van der Waals surface area contributed by atoms with E-state index in [9.17, 15) is 4.79 Å². The normalized spacial score (nSPS) is 14.3. The van der Waals surface area contributed by atoms with Crippen molar-refractivity contribution < 1.29 is 4.79 Å². The maximum absolute atomic E-state index is 12.4. The van der Waals surface area contributed by atoms with Crippen LogP contribution in [0.3, 0.4) is 0 Å². The van der Waals surface area contributed by atoms with Gasteiger partial charge in [0.25, 0.3) is 0 Å². The SMILES string of the molecule is N#Cc1ccc(N2CCN(C(=O)Cc3cccc(Cl)c3)CC2)nc1. The molecule has 0 radical (unpaired) electrons. The molecule has 0 atom stereocenters. The maximum Gasteiger partial charge on any atom is 0.227 e. The van der Waals surface area contributed by atoms with Gasteiger partial charge in [0, 0.05) is 37.4 Å². The van der Waals surface area contributed by atoms with Crippen molar-refractivity contribution in [1.29, 1.82) is 5.26 Å². The first-order valence-electron chi connectivity index (χ1n) is 7.79. The Kier molecular flexibility index (Phi) is 4.97. The number of rotatable bonds is 3. The Morgan fingerprint density at radius 3 is 2.62 bits per heavy atom. The van der Waals surface area contributed by atoms with Crippen LogP contribution >= 0.6 is 11.6 Å². The monoisotopic (exact) mass is 340 g/mol. The predicted molar refractivity (Wildman–Crippen MR) is 92.9 cm³/mol. The summed E-state index contributed by atoms with van der Waals surface area (Å²) in [5.74, 6) is 0.959. The van der Waals surface area contributed by atoms with Gasteiger partial charge in [0.05, 0.1) is 12.0 Å². The molecule has 1 fully saturated rings. The van der Waals surface area contributed by atoms with Gasteiger partial charge in [-0.3, -0.25) is 4.79 Å². The third-order valence-corrected chi connectivity index (χ3v) is 4.31. The standard InChI is InChI=1S/C18H17ClN4O/c19-16-3-1-2-14(10-16)11-18(24)23-8-6-22(7-9-23)17-5-4-15(12-20)13-21-17/h1-5,10,13H,6-9,11H2. The molecule has 1 amide bonds. The molecular formula is C18H17ClN4O. The molecule has 3 rings (SSSR count). The quantitative estimate of drug-likeness (QED) is 0.861. The van der Waals surface area contributed by atoms with Gasteiger partial charge in [-0.05, 0) is 29.8 Å². The number of carbonyl (C=O) groups excluding carboxylic acids is 1. The van der Waals surface area contributed by atoms with Crippen molar-refractivity contribution in [1.82, 2.24) is 9.88 Å². The third-order valence-electron chi connectivity index (χ3n) is 4.08. The summed E-state index contributed by atoms with van der Waals surface area (Å²) in [4.78, 5) is 20.7. The fraction of sp³-hybridized carbons (Fsp3) is 0.278. The first-order valence-corrected chi connectivity index (χ1v) is 8.17. The van der Waals surface area contributed by atoms with Crippen LogP contribution in [0.4, 0.5) is 5.82 Å². The molecule has 0 saturated carbocycles. The highest BCUT2D eigenvalue weighted by Crippen LogP contribution is 2.16. The van der Waals surface area contributed by atoms with Gasteiger partial charge in [-0.25, -0.2) is 4.98 Å². The first-order chi connectivity index (χ1) is 11.7. The minimum absolute atomic E-state index is 0.115. The van der Waals surface area contributed by atoms with Crippen molar-refractivity contribution in [2.75, 3.05) is 31.1 Å². The van der Waals surface area contributed by atoms with Crippen LogP contribution in [0.2, 0.25) is 5.02 Å². The summed E-state index contributed by atoms with van der Waals surface area (Å²) in [6, 6.07) is 13.1. The smallest absolute Gasteiger partial charge is 0.227 e. The van der Waals surface area contributed by atoms with Crippen molar-refractivity contribution in [3.63, 3.8) is 0 Å². The van der Waals surface area contributed by atoms with Crippen molar-refractivity contribution in [2.24, 2.45) is 0 Å². The molecule has 1 aliphatic rings. The van der Waals surface area contributed by atoms with E-state index in [2.05, 4.69) is 16.0 Å². The number of halogens is 1. The minimum atomic E-state index is 0.115. The zero-order valence-corrected chi connectivity index (χ0v) is 13.9. The Hall–Kier alpha value is -2.58. The molecule has 1 aliphatic heterocycles. The average molecular weight is 341 g/mol. The molecule has 2 aromatic rings. The number of benzene rings is 1. The summed E-state index contributed by atoms with van der Waals surface area (Å²) >= 11 is 5.96. The molecule has 5 nitrogen and oxygen atoms in total. The van der Waals surface area contributed by atoms with Crippen molar-refractivity contribution in [3.8, 4) is 6.07 Å². The molecule has 122 valence electrons. The van der Waals surface area contributed by atoms with Crippen LogP contribution in [-0.2, 0) is 11.2 Å². The molecule has 0 bridgehead atoms. The number of aromatic nitrogens is 1. The Balaban J connectivity index is 1.56. The Bertz CT molecular complexity index is 761. The van der Waals surface area contributed by atoms with Crippen LogP contribution in [0.25, 0.3) is 0 Å². The summed E-state index contributed by atoms with van der Waals surface area (Å²) < 4.78 is 0. The van der Waals surface area contributed by atoms with Crippen LogP contribution in [0.15, 0.2) is 42.6 Å². The highest BCUT2D eigenvalue weighted by molar-refractivity contribution is 6.30. The lowest BCUT2D eigenvalue weighted by Crippen LogP contribution is -2.49. The second-order valence-corrected chi connectivity index (χ2v) is 6.13. The number of hydrogen-bond acceptors (Lipinski definition) is 4. The van der Waals surface area contributed by atoms with Gasteiger partial charge in [-0.1, -0.05) is 23.7 Å². The maximum atomic E-state index is 12.4. The van der Waals surface area contributed by atoms with Crippen LogP contribution in [0.5, 0.6) is 0 Å². The van der Waals surface area contributed by atoms with E-state index in [-0.39, 0.29) is 5.91 Å². The van der Waals surface area contributed by atoms with Gasteiger partial charge >= 0.3 is 0 Å². The Morgan fingerprint density at radius 2 is 2.00 bits per heavy atom. The number of carbonyl (C=O) groups is 1. The van der Waals surface area contributed by atoms with Crippen LogP contribution in [-0.4, -0.2) is 42.0 Å². The predicted octanol–water partition coefficient (Wildman–Crippen LogP) is 2.50. The molecule has 6 heteroatoms. The molecule has 1 aromatic heterocycles. The first kappa shape index (κ1) is 16.3. The Labute approximate surface area is 146 Å². The highest BCUT2D eigenvalue weighted by atomic mass is 35.5. The summed E-state index contributed by atoms with van der Waals surface area (Å²) in [6.45, 7) is 2.81. The van der Waals surface area contributed by atoms with E-state index < -0.39 is 0 Å². The van der Waals surface area contributed by atoms with Gasteiger partial charge in [0.15, 0.2) is 0 Å². The van der Waals surface area contributed by atoms with E-state index in [1.165, 1.54) is 0 Å². The topological polar surface area (TPSA) is 60.2 Å². The van der Waals surface area contributed by atoms with E-state index in [1.807, 2.05) is 29.2 Å². The number of hydrogen-bond donors (Lipinski definition) is 0. The summed E-state index contributed by atoms with van der Waals surface area (Å²) in [6.07, 6.45) is 1.95. The van der Waals surface area contributed by atoms with Crippen molar-refractivity contribution in [3.05, 3.63) is 58.7 Å².